The Kier molecular flexibility index (Phi) is 5.08. The van der Waals surface area contributed by atoms with Crippen LogP contribution in [0.2, 0.25) is 0 Å². The van der Waals surface area contributed by atoms with Gasteiger partial charge in [0.1, 0.15) is 0 Å². The molecule has 1 aromatic heterocycles. The zero-order chi connectivity index (χ0) is 14.7. The average Bonchev–Trinajstić information content (AvgIpc) is 2.51. The van der Waals surface area contributed by atoms with Crippen LogP contribution in [0, 0.1) is 0 Å². The van der Waals surface area contributed by atoms with Crippen LogP contribution in [-0.4, -0.2) is 51.3 Å². The summed E-state index contributed by atoms with van der Waals surface area (Å²) in [6.45, 7) is 2.10. The lowest BCUT2D eigenvalue weighted by atomic mass is 9.89. The fraction of sp³-hybridized carbons (Fsp3) is 0.733. The van der Waals surface area contributed by atoms with Gasteiger partial charge >= 0.3 is 0 Å². The molecule has 2 heterocycles. The number of aromatic nitrogens is 2. The summed E-state index contributed by atoms with van der Waals surface area (Å²) in [7, 11) is 0. The maximum absolute atomic E-state index is 10.2. The van der Waals surface area contributed by atoms with E-state index in [2.05, 4.69) is 36.1 Å². The zero-order valence-electron chi connectivity index (χ0n) is 12.2. The Morgan fingerprint density at radius 2 is 1.76 bits per heavy atom. The fourth-order valence-corrected chi connectivity index (χ4v) is 3.67. The summed E-state index contributed by atoms with van der Waals surface area (Å²) in [5.41, 5.74) is 0. The van der Waals surface area contributed by atoms with Crippen molar-refractivity contribution < 1.29 is 5.11 Å². The lowest BCUT2D eigenvalue weighted by molar-refractivity contribution is 0.00990. The summed E-state index contributed by atoms with van der Waals surface area (Å²) in [6, 6.07) is 0.812. The summed E-state index contributed by atoms with van der Waals surface area (Å²) in [5, 5.41) is 13.6. The fourth-order valence-electron chi connectivity index (χ4n) is 3.46. The van der Waals surface area contributed by atoms with E-state index in [1.165, 1.54) is 12.8 Å². The quantitative estimate of drug-likeness (QED) is 0.872. The summed E-state index contributed by atoms with van der Waals surface area (Å²) >= 11 is 3.35. The minimum Gasteiger partial charge on any atom is -0.391 e. The van der Waals surface area contributed by atoms with E-state index < -0.39 is 0 Å². The number of rotatable bonds is 3. The van der Waals surface area contributed by atoms with E-state index in [1.54, 1.807) is 12.4 Å². The molecular weight excluding hydrogens is 332 g/mol. The average molecular weight is 355 g/mol. The maximum atomic E-state index is 10.2. The van der Waals surface area contributed by atoms with Gasteiger partial charge < -0.3 is 10.4 Å². The summed E-state index contributed by atoms with van der Waals surface area (Å²) in [4.78, 5) is 11.0. The number of nitrogens with one attached hydrogen (secondary N) is 1. The number of piperidine rings is 1. The van der Waals surface area contributed by atoms with Gasteiger partial charge in [-0.1, -0.05) is 12.8 Å². The molecule has 1 aromatic rings. The number of hydrogen-bond acceptors (Lipinski definition) is 5. The van der Waals surface area contributed by atoms with Crippen LogP contribution in [0.4, 0.5) is 5.95 Å². The molecule has 3 rings (SSSR count). The minimum absolute atomic E-state index is 0.127. The van der Waals surface area contributed by atoms with Gasteiger partial charge in [-0.05, 0) is 41.6 Å². The van der Waals surface area contributed by atoms with E-state index in [9.17, 15) is 5.11 Å². The molecule has 1 saturated carbocycles. The van der Waals surface area contributed by atoms with Crippen LogP contribution >= 0.6 is 15.9 Å². The monoisotopic (exact) mass is 354 g/mol. The number of aliphatic hydroxyl groups excluding tert-OH is 1. The summed E-state index contributed by atoms with van der Waals surface area (Å²) < 4.78 is 0.897. The van der Waals surface area contributed by atoms with Crippen LogP contribution in [0.3, 0.4) is 0 Å². The molecule has 2 unspecified atom stereocenters. The lowest BCUT2D eigenvalue weighted by Gasteiger charge is -2.41. The Hall–Kier alpha value is -0.720. The molecule has 2 N–H and O–H groups in total. The molecule has 6 heteroatoms. The third kappa shape index (κ3) is 3.93. The Bertz CT molecular complexity index is 447. The van der Waals surface area contributed by atoms with Gasteiger partial charge in [-0.2, -0.15) is 0 Å². The van der Waals surface area contributed by atoms with Gasteiger partial charge in [0.25, 0.3) is 0 Å². The van der Waals surface area contributed by atoms with Crippen molar-refractivity contribution in [2.24, 2.45) is 0 Å². The SMILES string of the molecule is OC1CCCCC1N1CCC(Nc2ncc(Br)cn2)CC1. The molecule has 0 bridgehead atoms. The topological polar surface area (TPSA) is 61.3 Å². The molecule has 2 fully saturated rings. The Labute approximate surface area is 134 Å². The summed E-state index contributed by atoms with van der Waals surface area (Å²) in [5.74, 6) is 0.703. The lowest BCUT2D eigenvalue weighted by Crippen LogP contribution is -2.50. The predicted octanol–water partition coefficient (Wildman–Crippen LogP) is 2.42. The van der Waals surface area contributed by atoms with E-state index in [-0.39, 0.29) is 6.10 Å². The van der Waals surface area contributed by atoms with E-state index in [1.807, 2.05) is 0 Å². The molecule has 0 aromatic carbocycles. The second-order valence-electron chi connectivity index (χ2n) is 6.10. The van der Waals surface area contributed by atoms with E-state index in [4.69, 9.17) is 0 Å². The van der Waals surface area contributed by atoms with Crippen molar-refractivity contribution in [3.8, 4) is 0 Å². The molecule has 0 radical (unpaired) electrons. The van der Waals surface area contributed by atoms with Crippen LogP contribution in [0.15, 0.2) is 16.9 Å². The van der Waals surface area contributed by atoms with E-state index in [0.717, 1.165) is 43.2 Å². The van der Waals surface area contributed by atoms with Gasteiger partial charge in [0, 0.05) is 37.6 Å². The molecule has 21 heavy (non-hydrogen) atoms. The zero-order valence-corrected chi connectivity index (χ0v) is 13.8. The Morgan fingerprint density at radius 3 is 2.43 bits per heavy atom. The van der Waals surface area contributed by atoms with Crippen molar-refractivity contribution >= 4 is 21.9 Å². The standard InChI is InChI=1S/C15H23BrN4O/c16-11-9-17-15(18-10-11)19-12-5-7-20(8-6-12)13-3-1-2-4-14(13)21/h9-10,12-14,21H,1-8H2,(H,17,18,19). The highest BCUT2D eigenvalue weighted by atomic mass is 79.9. The third-order valence-corrected chi connectivity index (χ3v) is 5.06. The molecular formula is C15H23BrN4O. The van der Waals surface area contributed by atoms with Crippen molar-refractivity contribution in [1.29, 1.82) is 0 Å². The first-order valence-corrected chi connectivity index (χ1v) is 8.68. The highest BCUT2D eigenvalue weighted by Gasteiger charge is 2.31. The van der Waals surface area contributed by atoms with Gasteiger partial charge in [-0.15, -0.1) is 0 Å². The van der Waals surface area contributed by atoms with Crippen LogP contribution in [0.25, 0.3) is 0 Å². The Balaban J connectivity index is 1.49. The maximum Gasteiger partial charge on any atom is 0.222 e. The molecule has 0 spiro atoms. The van der Waals surface area contributed by atoms with Crippen molar-refractivity contribution in [3.63, 3.8) is 0 Å². The first-order valence-electron chi connectivity index (χ1n) is 7.88. The van der Waals surface area contributed by atoms with Crippen molar-refractivity contribution in [2.75, 3.05) is 18.4 Å². The number of nitrogens with zero attached hydrogens (tertiary/aromatic N) is 3. The molecule has 2 atom stereocenters. The molecule has 1 aliphatic carbocycles. The first-order chi connectivity index (χ1) is 10.2. The van der Waals surface area contributed by atoms with Gasteiger partial charge in [0.15, 0.2) is 0 Å². The van der Waals surface area contributed by atoms with Crippen molar-refractivity contribution in [2.45, 2.75) is 56.7 Å². The van der Waals surface area contributed by atoms with Gasteiger partial charge in [-0.3, -0.25) is 4.90 Å². The van der Waals surface area contributed by atoms with E-state index in [0.29, 0.717) is 18.0 Å². The summed E-state index contributed by atoms with van der Waals surface area (Å²) in [6.07, 6.45) is 10.1. The van der Waals surface area contributed by atoms with Crippen LogP contribution < -0.4 is 5.32 Å². The van der Waals surface area contributed by atoms with Gasteiger partial charge in [0.2, 0.25) is 5.95 Å². The molecule has 1 saturated heterocycles. The van der Waals surface area contributed by atoms with Crippen molar-refractivity contribution in [1.82, 2.24) is 14.9 Å². The number of aliphatic hydroxyl groups is 1. The van der Waals surface area contributed by atoms with Crippen molar-refractivity contribution in [3.05, 3.63) is 16.9 Å². The molecule has 1 aliphatic heterocycles. The number of likely N-dealkylation sites (tertiary alicyclic amines) is 1. The van der Waals surface area contributed by atoms with Crippen LogP contribution in [0.1, 0.15) is 38.5 Å². The van der Waals surface area contributed by atoms with Crippen LogP contribution in [-0.2, 0) is 0 Å². The highest BCUT2D eigenvalue weighted by molar-refractivity contribution is 9.10. The van der Waals surface area contributed by atoms with E-state index >= 15 is 0 Å². The largest absolute Gasteiger partial charge is 0.391 e. The highest BCUT2D eigenvalue weighted by Crippen LogP contribution is 2.26. The molecule has 0 amide bonds. The molecule has 116 valence electrons. The Morgan fingerprint density at radius 1 is 1.10 bits per heavy atom. The first kappa shape index (κ1) is 15.2. The molecule has 2 aliphatic rings. The number of halogens is 1. The second-order valence-corrected chi connectivity index (χ2v) is 7.01. The minimum atomic E-state index is -0.127. The van der Waals surface area contributed by atoms with Gasteiger partial charge in [-0.25, -0.2) is 9.97 Å². The third-order valence-electron chi connectivity index (χ3n) is 4.65. The molecule has 5 nitrogen and oxygen atoms in total. The van der Waals surface area contributed by atoms with Gasteiger partial charge in [0.05, 0.1) is 10.6 Å². The number of hydrogen-bond donors (Lipinski definition) is 2. The second kappa shape index (κ2) is 7.03. The normalized spacial score (nSPS) is 28.5. The van der Waals surface area contributed by atoms with Crippen LogP contribution in [0.5, 0.6) is 0 Å². The number of anilines is 1. The smallest absolute Gasteiger partial charge is 0.222 e. The predicted molar refractivity (Wildman–Crippen MR) is 86.2 cm³/mol.